The summed E-state index contributed by atoms with van der Waals surface area (Å²) in [6, 6.07) is 4.93. The molecule has 0 saturated heterocycles. The number of aliphatic hydroxyl groups is 2. The topological polar surface area (TPSA) is 116 Å². The van der Waals surface area contributed by atoms with Gasteiger partial charge >= 0.3 is 0 Å². The van der Waals surface area contributed by atoms with Gasteiger partial charge in [0.25, 0.3) is 0 Å². The molecule has 6 N–H and O–H groups in total. The lowest BCUT2D eigenvalue weighted by Crippen LogP contribution is -2.48. The summed E-state index contributed by atoms with van der Waals surface area (Å²) in [5.41, 5.74) is 6.53. The zero-order valence-corrected chi connectivity index (χ0v) is 9.91. The van der Waals surface area contributed by atoms with E-state index in [1.165, 1.54) is 12.1 Å². The third kappa shape index (κ3) is 4.33. The molecule has 1 aromatic rings. The zero-order valence-electron chi connectivity index (χ0n) is 9.91. The molecule has 100 valence electrons. The van der Waals surface area contributed by atoms with Crippen molar-refractivity contribution in [2.45, 2.75) is 18.5 Å². The fourth-order valence-corrected chi connectivity index (χ4v) is 1.44. The third-order valence-corrected chi connectivity index (χ3v) is 2.52. The van der Waals surface area contributed by atoms with Gasteiger partial charge in [0, 0.05) is 0 Å². The van der Waals surface area contributed by atoms with Crippen LogP contribution >= 0.6 is 0 Å². The molecule has 0 radical (unpaired) electrons. The monoisotopic (exact) mass is 254 g/mol. The molecule has 0 spiro atoms. The van der Waals surface area contributed by atoms with E-state index < -0.39 is 18.0 Å². The number of nitrogens with two attached hydrogens (primary N) is 1. The number of benzene rings is 1. The van der Waals surface area contributed by atoms with Crippen LogP contribution in [0, 0.1) is 0 Å². The number of amides is 1. The van der Waals surface area contributed by atoms with Crippen molar-refractivity contribution in [2.24, 2.45) is 5.73 Å². The lowest BCUT2D eigenvalue weighted by molar-refractivity contribution is -0.123. The molecule has 0 aliphatic heterocycles. The molecule has 0 heterocycles. The Morgan fingerprint density at radius 1 is 1.22 bits per heavy atom. The average Bonchev–Trinajstić information content (AvgIpc) is 2.38. The number of rotatable bonds is 6. The smallest absolute Gasteiger partial charge is 0.237 e. The maximum absolute atomic E-state index is 11.6. The molecule has 1 aromatic carbocycles. The quantitative estimate of drug-likeness (QED) is 0.434. The van der Waals surface area contributed by atoms with Crippen molar-refractivity contribution < 1.29 is 20.1 Å². The fourth-order valence-electron chi connectivity index (χ4n) is 1.44. The van der Waals surface area contributed by atoms with Gasteiger partial charge in [0.1, 0.15) is 5.75 Å². The first kappa shape index (κ1) is 14.4. The summed E-state index contributed by atoms with van der Waals surface area (Å²) in [7, 11) is 0. The van der Waals surface area contributed by atoms with E-state index in [4.69, 9.17) is 21.1 Å². The number of phenolic OH excluding ortho intramolecular Hbond substituents is 1. The number of phenols is 1. The first-order valence-corrected chi connectivity index (χ1v) is 5.62. The van der Waals surface area contributed by atoms with Crippen LogP contribution in [-0.2, 0) is 11.2 Å². The number of aromatic hydroxyl groups is 1. The van der Waals surface area contributed by atoms with Gasteiger partial charge < -0.3 is 26.4 Å². The SMILES string of the molecule is N[C@@H](Cc1ccc(O)cc1)C(=O)NC(CO)CO. The molecular weight excluding hydrogens is 236 g/mol. The van der Waals surface area contributed by atoms with Crippen molar-refractivity contribution >= 4 is 5.91 Å². The number of aliphatic hydroxyl groups excluding tert-OH is 2. The van der Waals surface area contributed by atoms with Crippen LogP contribution in [0.1, 0.15) is 5.56 Å². The van der Waals surface area contributed by atoms with Gasteiger partial charge in [0.2, 0.25) is 5.91 Å². The second-order valence-electron chi connectivity index (χ2n) is 4.05. The summed E-state index contributed by atoms with van der Waals surface area (Å²) in [4.78, 5) is 11.6. The Morgan fingerprint density at radius 3 is 2.28 bits per heavy atom. The molecule has 0 saturated carbocycles. The van der Waals surface area contributed by atoms with E-state index in [-0.39, 0.29) is 19.0 Å². The molecule has 0 bridgehead atoms. The third-order valence-electron chi connectivity index (χ3n) is 2.52. The Morgan fingerprint density at radius 2 is 1.78 bits per heavy atom. The van der Waals surface area contributed by atoms with Gasteiger partial charge in [-0.3, -0.25) is 4.79 Å². The van der Waals surface area contributed by atoms with Gasteiger partial charge in [-0.1, -0.05) is 12.1 Å². The summed E-state index contributed by atoms with van der Waals surface area (Å²) in [5, 5.41) is 29.2. The molecule has 0 aliphatic carbocycles. The highest BCUT2D eigenvalue weighted by molar-refractivity contribution is 5.82. The lowest BCUT2D eigenvalue weighted by Gasteiger charge is -2.17. The van der Waals surface area contributed by atoms with Crippen molar-refractivity contribution in [1.82, 2.24) is 5.32 Å². The molecule has 1 atom stereocenters. The summed E-state index contributed by atoms with van der Waals surface area (Å²) < 4.78 is 0. The average molecular weight is 254 g/mol. The van der Waals surface area contributed by atoms with E-state index in [1.54, 1.807) is 12.1 Å². The van der Waals surface area contributed by atoms with E-state index >= 15 is 0 Å². The molecule has 1 amide bonds. The Bertz CT molecular complexity index is 376. The second-order valence-corrected chi connectivity index (χ2v) is 4.05. The minimum Gasteiger partial charge on any atom is -0.508 e. The maximum atomic E-state index is 11.6. The van der Waals surface area contributed by atoms with E-state index in [9.17, 15) is 4.79 Å². The Hall–Kier alpha value is -1.63. The molecule has 18 heavy (non-hydrogen) atoms. The van der Waals surface area contributed by atoms with Crippen LogP contribution in [-0.4, -0.2) is 46.5 Å². The summed E-state index contributed by atoms with van der Waals surface area (Å²) in [5.74, 6) is -0.284. The first-order chi connectivity index (χ1) is 8.56. The molecule has 1 rings (SSSR count). The van der Waals surface area contributed by atoms with E-state index in [0.717, 1.165) is 5.56 Å². The second kappa shape index (κ2) is 6.95. The van der Waals surface area contributed by atoms with Gasteiger partial charge in [-0.2, -0.15) is 0 Å². The van der Waals surface area contributed by atoms with Crippen LogP contribution in [0.3, 0.4) is 0 Å². The molecule has 6 heteroatoms. The molecule has 6 nitrogen and oxygen atoms in total. The van der Waals surface area contributed by atoms with Crippen LogP contribution in [0.25, 0.3) is 0 Å². The fraction of sp³-hybridized carbons (Fsp3) is 0.417. The van der Waals surface area contributed by atoms with Gasteiger partial charge in [0.05, 0.1) is 25.3 Å². The predicted molar refractivity (Wildman–Crippen MR) is 65.9 cm³/mol. The Kier molecular flexibility index (Phi) is 5.57. The highest BCUT2D eigenvalue weighted by atomic mass is 16.3. The number of hydrogen-bond acceptors (Lipinski definition) is 5. The van der Waals surface area contributed by atoms with E-state index in [1.807, 2.05) is 0 Å². The van der Waals surface area contributed by atoms with E-state index in [0.29, 0.717) is 6.42 Å². The standard InChI is InChI=1S/C12H18N2O4/c13-11(12(18)14-9(6-15)7-16)5-8-1-3-10(17)4-2-8/h1-4,9,11,15-17H,5-7,13H2,(H,14,18)/t11-/m0/s1. The molecule has 0 aliphatic rings. The van der Waals surface area contributed by atoms with Crippen LogP contribution in [0.5, 0.6) is 5.75 Å². The first-order valence-electron chi connectivity index (χ1n) is 5.62. The highest BCUT2D eigenvalue weighted by Gasteiger charge is 2.17. The Balaban J connectivity index is 2.51. The maximum Gasteiger partial charge on any atom is 0.237 e. The number of carbonyl (C=O) groups is 1. The zero-order chi connectivity index (χ0) is 13.5. The normalized spacial score (nSPS) is 12.4. The van der Waals surface area contributed by atoms with Crippen molar-refractivity contribution in [3.05, 3.63) is 29.8 Å². The van der Waals surface area contributed by atoms with Crippen molar-refractivity contribution in [1.29, 1.82) is 0 Å². The number of carbonyl (C=O) groups excluding carboxylic acids is 1. The lowest BCUT2D eigenvalue weighted by atomic mass is 10.1. The van der Waals surface area contributed by atoms with Gasteiger partial charge in [0.15, 0.2) is 0 Å². The highest BCUT2D eigenvalue weighted by Crippen LogP contribution is 2.10. The summed E-state index contributed by atoms with van der Waals surface area (Å²) >= 11 is 0. The van der Waals surface area contributed by atoms with Gasteiger partial charge in [-0.25, -0.2) is 0 Å². The molecule has 0 fully saturated rings. The van der Waals surface area contributed by atoms with Crippen LogP contribution in [0.15, 0.2) is 24.3 Å². The summed E-state index contributed by atoms with van der Waals surface area (Å²) in [6.45, 7) is -0.678. The van der Waals surface area contributed by atoms with Gasteiger partial charge in [-0.15, -0.1) is 0 Å². The molecular formula is C12H18N2O4. The predicted octanol–water partition coefficient (Wildman–Crippen LogP) is -1.27. The van der Waals surface area contributed by atoms with Crippen LogP contribution in [0.2, 0.25) is 0 Å². The van der Waals surface area contributed by atoms with Crippen LogP contribution < -0.4 is 11.1 Å². The van der Waals surface area contributed by atoms with Crippen LogP contribution in [0.4, 0.5) is 0 Å². The number of nitrogens with one attached hydrogen (secondary N) is 1. The minimum absolute atomic E-state index is 0.150. The molecule has 0 unspecified atom stereocenters. The van der Waals surface area contributed by atoms with E-state index in [2.05, 4.69) is 5.32 Å². The number of hydrogen-bond donors (Lipinski definition) is 5. The van der Waals surface area contributed by atoms with Crippen molar-refractivity contribution in [3.8, 4) is 5.75 Å². The minimum atomic E-state index is -0.768. The molecule has 0 aromatic heterocycles. The summed E-state index contributed by atoms with van der Waals surface area (Å²) in [6.07, 6.45) is 0.315. The largest absolute Gasteiger partial charge is 0.508 e. The Labute approximate surface area is 105 Å². The van der Waals surface area contributed by atoms with Crippen molar-refractivity contribution in [2.75, 3.05) is 13.2 Å². The van der Waals surface area contributed by atoms with Gasteiger partial charge in [-0.05, 0) is 24.1 Å². The van der Waals surface area contributed by atoms with Crippen molar-refractivity contribution in [3.63, 3.8) is 0 Å².